The van der Waals surface area contributed by atoms with E-state index in [2.05, 4.69) is 10.4 Å². The van der Waals surface area contributed by atoms with Gasteiger partial charge in [0.15, 0.2) is 4.87 Å². The maximum atomic E-state index is 11.6. The maximum Gasteiger partial charge on any atom is 0.310 e. The number of nitrogens with zero attached hydrogens (tertiary/aromatic N) is 2. The number of nitrogens with one attached hydrogen (secondary N) is 1. The van der Waals surface area contributed by atoms with Gasteiger partial charge in [0.05, 0.1) is 4.91 Å². The summed E-state index contributed by atoms with van der Waals surface area (Å²) in [6.45, 7) is 0. The van der Waals surface area contributed by atoms with Crippen LogP contribution in [0.3, 0.4) is 0 Å². The quantitative estimate of drug-likeness (QED) is 0.611. The molecule has 0 aliphatic heterocycles. The van der Waals surface area contributed by atoms with E-state index in [1.54, 1.807) is 18.3 Å². The first-order valence-corrected chi connectivity index (χ1v) is 4.55. The molecule has 15 heavy (non-hydrogen) atoms. The van der Waals surface area contributed by atoms with Crippen molar-refractivity contribution >= 4 is 11.4 Å². The number of hydrazine groups is 1. The maximum absolute atomic E-state index is 11.6. The molecule has 0 atom stereocenters. The molecule has 1 aromatic carbocycles. The Morgan fingerprint density at radius 3 is 2.53 bits per heavy atom. The van der Waals surface area contributed by atoms with Crippen LogP contribution in [0.5, 0.6) is 0 Å². The summed E-state index contributed by atoms with van der Waals surface area (Å²) in [6.07, 6.45) is 3.13. The molecule has 0 saturated carbocycles. The summed E-state index contributed by atoms with van der Waals surface area (Å²) in [4.78, 5) is 16.1. The number of rotatable bonds is 3. The predicted octanol–water partition coefficient (Wildman–Crippen LogP) is 2.52. The standard InChI is InChI=1S/C11H10N3O/c15-14(11-7-4-8-12-9-11)13-10-5-2-1-3-6-10/h1-9H,(H,13,15)/q+1. The molecular weight excluding hydrogens is 190 g/mol. The van der Waals surface area contributed by atoms with E-state index < -0.39 is 0 Å². The zero-order valence-electron chi connectivity index (χ0n) is 8.00. The molecular formula is C11H10N3O+. The van der Waals surface area contributed by atoms with Gasteiger partial charge in [0.25, 0.3) is 0 Å². The average Bonchev–Trinajstić information content (AvgIpc) is 2.31. The molecule has 4 heteroatoms. The van der Waals surface area contributed by atoms with Crippen molar-refractivity contribution in [1.29, 1.82) is 0 Å². The number of anilines is 1. The highest BCUT2D eigenvalue weighted by Gasteiger charge is 2.12. The Kier molecular flexibility index (Phi) is 2.69. The van der Waals surface area contributed by atoms with E-state index >= 15 is 0 Å². The van der Waals surface area contributed by atoms with Gasteiger partial charge in [-0.25, -0.2) is 0 Å². The van der Waals surface area contributed by atoms with E-state index in [0.29, 0.717) is 10.6 Å². The van der Waals surface area contributed by atoms with Gasteiger partial charge in [0, 0.05) is 12.3 Å². The molecule has 0 amide bonds. The Balaban J connectivity index is 2.12. The topological polar surface area (TPSA) is 45.0 Å². The van der Waals surface area contributed by atoms with Crippen molar-refractivity contribution in [3.8, 4) is 0 Å². The fraction of sp³-hybridized carbons (Fsp3) is 0. The van der Waals surface area contributed by atoms with Crippen LogP contribution in [-0.2, 0) is 0 Å². The van der Waals surface area contributed by atoms with E-state index in [9.17, 15) is 4.91 Å². The Morgan fingerprint density at radius 1 is 1.07 bits per heavy atom. The fourth-order valence-electron chi connectivity index (χ4n) is 1.17. The molecule has 0 radical (unpaired) electrons. The third kappa shape index (κ3) is 2.37. The Labute approximate surface area is 87.1 Å². The number of pyridine rings is 1. The molecule has 1 N–H and O–H groups in total. The third-order valence-electron chi connectivity index (χ3n) is 1.88. The fourth-order valence-corrected chi connectivity index (χ4v) is 1.17. The van der Waals surface area contributed by atoms with E-state index in [4.69, 9.17) is 0 Å². The highest BCUT2D eigenvalue weighted by atomic mass is 16.3. The molecule has 0 saturated heterocycles. The van der Waals surface area contributed by atoms with Crippen molar-refractivity contribution < 1.29 is 4.87 Å². The monoisotopic (exact) mass is 200 g/mol. The molecule has 2 aromatic rings. The van der Waals surface area contributed by atoms with Crippen LogP contribution in [0.4, 0.5) is 11.4 Å². The first-order chi connectivity index (χ1) is 7.36. The minimum absolute atomic E-state index is 0.473. The molecule has 1 heterocycles. The van der Waals surface area contributed by atoms with Crippen LogP contribution in [-0.4, -0.2) is 9.85 Å². The van der Waals surface area contributed by atoms with Crippen LogP contribution in [0.25, 0.3) is 0 Å². The highest BCUT2D eigenvalue weighted by molar-refractivity contribution is 5.40. The van der Waals surface area contributed by atoms with Gasteiger partial charge in [0.2, 0.25) is 0 Å². The predicted molar refractivity (Wildman–Crippen MR) is 57.6 cm³/mol. The van der Waals surface area contributed by atoms with Crippen molar-refractivity contribution in [3.05, 3.63) is 59.8 Å². The molecule has 0 spiro atoms. The molecule has 1 aromatic heterocycles. The van der Waals surface area contributed by atoms with E-state index in [0.717, 1.165) is 5.69 Å². The summed E-state index contributed by atoms with van der Waals surface area (Å²) < 4.78 is 0. The lowest BCUT2D eigenvalue weighted by molar-refractivity contribution is -0.428. The number of nitroso groups, excluding NO2 is 1. The van der Waals surface area contributed by atoms with Crippen LogP contribution < -0.4 is 5.43 Å². The van der Waals surface area contributed by atoms with Gasteiger partial charge in [-0.05, 0) is 18.2 Å². The molecule has 4 nitrogen and oxygen atoms in total. The summed E-state index contributed by atoms with van der Waals surface area (Å²) in [5.41, 5.74) is 3.92. The van der Waals surface area contributed by atoms with Gasteiger partial charge < -0.3 is 0 Å². The van der Waals surface area contributed by atoms with Gasteiger partial charge >= 0.3 is 5.69 Å². The number of benzene rings is 1. The lowest BCUT2D eigenvalue weighted by Gasteiger charge is -1.95. The van der Waals surface area contributed by atoms with Gasteiger partial charge in [0.1, 0.15) is 11.9 Å². The molecule has 2 rings (SSSR count). The van der Waals surface area contributed by atoms with Gasteiger partial charge in [-0.15, -0.1) is 5.43 Å². The van der Waals surface area contributed by atoms with Gasteiger partial charge in [-0.2, -0.15) is 0 Å². The minimum Gasteiger partial charge on any atom is -0.257 e. The second kappa shape index (κ2) is 4.32. The van der Waals surface area contributed by atoms with E-state index in [-0.39, 0.29) is 0 Å². The highest BCUT2D eigenvalue weighted by Crippen LogP contribution is 2.11. The summed E-state index contributed by atoms with van der Waals surface area (Å²) in [6, 6.07) is 12.7. The van der Waals surface area contributed by atoms with Gasteiger partial charge in [-0.3, -0.25) is 4.98 Å². The van der Waals surface area contributed by atoms with Crippen molar-refractivity contribution in [2.75, 3.05) is 5.43 Å². The summed E-state index contributed by atoms with van der Waals surface area (Å²) in [7, 11) is 0. The smallest absolute Gasteiger partial charge is 0.257 e. The molecule has 0 fully saturated rings. The summed E-state index contributed by atoms with van der Waals surface area (Å²) in [5.74, 6) is 0. The average molecular weight is 200 g/mol. The van der Waals surface area contributed by atoms with Crippen LogP contribution in [0, 0.1) is 4.91 Å². The zero-order chi connectivity index (χ0) is 10.5. The Bertz CT molecular complexity index is 442. The van der Waals surface area contributed by atoms with E-state index in [1.165, 1.54) is 6.20 Å². The van der Waals surface area contributed by atoms with Crippen molar-refractivity contribution in [2.24, 2.45) is 0 Å². The molecule has 0 aliphatic carbocycles. The third-order valence-corrected chi connectivity index (χ3v) is 1.88. The van der Waals surface area contributed by atoms with Crippen LogP contribution in [0.15, 0.2) is 54.9 Å². The largest absolute Gasteiger partial charge is 0.310 e. The number of aromatic nitrogens is 1. The van der Waals surface area contributed by atoms with Crippen molar-refractivity contribution in [3.63, 3.8) is 0 Å². The van der Waals surface area contributed by atoms with Crippen molar-refractivity contribution in [1.82, 2.24) is 4.98 Å². The Morgan fingerprint density at radius 2 is 1.87 bits per heavy atom. The summed E-state index contributed by atoms with van der Waals surface area (Å²) >= 11 is 0. The van der Waals surface area contributed by atoms with Crippen LogP contribution in [0.2, 0.25) is 0 Å². The normalized spacial score (nSPS) is 9.60. The Hall–Kier alpha value is -2.23. The number of para-hydroxylation sites is 1. The second-order valence-electron chi connectivity index (χ2n) is 2.98. The van der Waals surface area contributed by atoms with Crippen LogP contribution >= 0.6 is 0 Å². The number of hydrogen-bond acceptors (Lipinski definition) is 2. The molecule has 0 bridgehead atoms. The molecule has 0 aliphatic rings. The second-order valence-corrected chi connectivity index (χ2v) is 2.98. The lowest BCUT2D eigenvalue weighted by Crippen LogP contribution is -2.09. The summed E-state index contributed by atoms with van der Waals surface area (Å²) in [5, 5.41) is 0. The van der Waals surface area contributed by atoms with Crippen molar-refractivity contribution in [2.45, 2.75) is 0 Å². The lowest BCUT2D eigenvalue weighted by atomic mass is 10.3. The SMILES string of the molecule is O=[N+](Nc1ccccc1)c1cccnc1. The minimum atomic E-state index is 0.473. The molecule has 0 unspecified atom stereocenters. The first-order valence-electron chi connectivity index (χ1n) is 4.55. The molecule has 74 valence electrons. The number of hydrogen-bond donors (Lipinski definition) is 1. The first kappa shape index (κ1) is 9.33. The van der Waals surface area contributed by atoms with Gasteiger partial charge in [-0.1, -0.05) is 18.2 Å². The zero-order valence-corrected chi connectivity index (χ0v) is 8.00. The van der Waals surface area contributed by atoms with Crippen LogP contribution in [0.1, 0.15) is 0 Å². The van der Waals surface area contributed by atoms with E-state index in [1.807, 2.05) is 30.3 Å².